The molecule has 1 N–H and O–H groups in total. The Morgan fingerprint density at radius 2 is 1.86 bits per heavy atom. The van der Waals surface area contributed by atoms with Gasteiger partial charge in [-0.05, 0) is 69.8 Å². The molecule has 1 saturated carbocycles. The number of halogens is 2. The molecule has 1 aliphatic carbocycles. The lowest BCUT2D eigenvalue weighted by molar-refractivity contribution is 0.0702. The molecule has 0 unspecified atom stereocenters. The Kier molecular flexibility index (Phi) is 7.40. The number of nitrogens with zero attached hydrogens (tertiary/aromatic N) is 4. The zero-order chi connectivity index (χ0) is 25.1. The second-order valence-electron chi connectivity index (χ2n) is 9.46. The van der Waals surface area contributed by atoms with E-state index in [4.69, 9.17) is 26.3 Å². The van der Waals surface area contributed by atoms with E-state index in [9.17, 15) is 4.39 Å². The van der Waals surface area contributed by atoms with Crippen LogP contribution < -0.4 is 14.8 Å². The molecule has 7 nitrogen and oxygen atoms in total. The molecule has 3 aromatic rings. The second-order valence-corrected chi connectivity index (χ2v) is 9.86. The Balaban J connectivity index is 1.31. The third kappa shape index (κ3) is 5.18. The molecule has 1 saturated heterocycles. The number of aromatic nitrogens is 2. The van der Waals surface area contributed by atoms with E-state index < -0.39 is 5.82 Å². The van der Waals surface area contributed by atoms with Gasteiger partial charge in [0.2, 0.25) is 0 Å². The van der Waals surface area contributed by atoms with Crippen LogP contribution >= 0.6 is 11.6 Å². The maximum Gasteiger partial charge on any atom is 0.165 e. The number of hydrogen-bond donors (Lipinski definition) is 1. The largest absolute Gasteiger partial charge is 0.493 e. The zero-order valence-corrected chi connectivity index (χ0v) is 21.0. The minimum absolute atomic E-state index is 0.0362. The molecule has 0 amide bonds. The van der Waals surface area contributed by atoms with Crippen molar-refractivity contribution in [1.29, 1.82) is 5.26 Å². The highest BCUT2D eigenvalue weighted by atomic mass is 35.5. The molecule has 0 bridgehead atoms. The van der Waals surface area contributed by atoms with Gasteiger partial charge in [0.1, 0.15) is 12.1 Å². The minimum atomic E-state index is -0.537. The van der Waals surface area contributed by atoms with Crippen molar-refractivity contribution in [3.8, 4) is 17.6 Å². The zero-order valence-electron chi connectivity index (χ0n) is 20.2. The molecule has 2 heterocycles. The summed E-state index contributed by atoms with van der Waals surface area (Å²) in [6.07, 6.45) is 7.49. The SMILES string of the molecule is COc1cc2ncnc(Nc3cccc(Cl)c3F)c2cc1OC1CCC(N2CCC(C#N)CC2)CC1. The van der Waals surface area contributed by atoms with Gasteiger partial charge in [0.15, 0.2) is 17.3 Å². The summed E-state index contributed by atoms with van der Waals surface area (Å²) in [6, 6.07) is 11.4. The molecule has 36 heavy (non-hydrogen) atoms. The average Bonchev–Trinajstić information content (AvgIpc) is 2.91. The number of benzene rings is 2. The van der Waals surface area contributed by atoms with E-state index in [0.717, 1.165) is 51.6 Å². The third-order valence-electron chi connectivity index (χ3n) is 7.29. The van der Waals surface area contributed by atoms with Crippen LogP contribution in [0.2, 0.25) is 5.02 Å². The Morgan fingerprint density at radius 1 is 1.08 bits per heavy atom. The number of methoxy groups -OCH3 is 1. The molecule has 2 aliphatic rings. The molecule has 1 aliphatic heterocycles. The van der Waals surface area contributed by atoms with Crippen LogP contribution in [0.1, 0.15) is 38.5 Å². The molecule has 0 radical (unpaired) electrons. The van der Waals surface area contributed by atoms with Crippen LogP contribution in [0.25, 0.3) is 10.9 Å². The van der Waals surface area contributed by atoms with Crippen molar-refractivity contribution in [1.82, 2.24) is 14.9 Å². The third-order valence-corrected chi connectivity index (χ3v) is 7.58. The summed E-state index contributed by atoms with van der Waals surface area (Å²) >= 11 is 5.94. The fourth-order valence-electron chi connectivity index (χ4n) is 5.24. The number of nitriles is 1. The molecule has 0 atom stereocenters. The standard InChI is InChI=1S/C27H29ClFN5O2/c1-35-24-14-23-20(27(32-16-31-23)33-22-4-2-3-21(28)26(22)29)13-25(24)36-19-7-5-18(6-8-19)34-11-9-17(15-30)10-12-34/h2-4,13-14,16-19H,5-12H2,1H3,(H,31,32,33). The Hall–Kier alpha value is -3.15. The number of rotatable bonds is 6. The first kappa shape index (κ1) is 24.5. The summed E-state index contributed by atoms with van der Waals surface area (Å²) in [7, 11) is 1.61. The van der Waals surface area contributed by atoms with Crippen molar-refractivity contribution in [2.24, 2.45) is 5.92 Å². The summed E-state index contributed by atoms with van der Waals surface area (Å²) < 4.78 is 26.5. The molecule has 2 aromatic carbocycles. The van der Waals surface area contributed by atoms with Crippen LogP contribution in [0.3, 0.4) is 0 Å². The van der Waals surface area contributed by atoms with Gasteiger partial charge in [-0.25, -0.2) is 14.4 Å². The van der Waals surface area contributed by atoms with Gasteiger partial charge < -0.3 is 19.7 Å². The van der Waals surface area contributed by atoms with E-state index in [2.05, 4.69) is 26.3 Å². The highest BCUT2D eigenvalue weighted by molar-refractivity contribution is 6.31. The van der Waals surface area contributed by atoms with Gasteiger partial charge in [-0.2, -0.15) is 5.26 Å². The lowest BCUT2D eigenvalue weighted by Crippen LogP contribution is -2.44. The molecule has 9 heteroatoms. The Morgan fingerprint density at radius 3 is 2.58 bits per heavy atom. The van der Waals surface area contributed by atoms with Gasteiger partial charge in [0, 0.05) is 23.4 Å². The molecule has 5 rings (SSSR count). The van der Waals surface area contributed by atoms with Crippen LogP contribution in [0.5, 0.6) is 11.5 Å². The highest BCUT2D eigenvalue weighted by Gasteiger charge is 2.30. The average molecular weight is 510 g/mol. The number of ether oxygens (including phenoxy) is 2. The van der Waals surface area contributed by atoms with Crippen LogP contribution in [0.15, 0.2) is 36.7 Å². The van der Waals surface area contributed by atoms with Crippen molar-refractivity contribution in [2.45, 2.75) is 50.7 Å². The smallest absolute Gasteiger partial charge is 0.165 e. The lowest BCUT2D eigenvalue weighted by Gasteiger charge is -2.39. The first-order valence-electron chi connectivity index (χ1n) is 12.4. The van der Waals surface area contributed by atoms with Gasteiger partial charge in [0.25, 0.3) is 0 Å². The van der Waals surface area contributed by atoms with Crippen molar-refractivity contribution in [3.63, 3.8) is 0 Å². The molecule has 0 spiro atoms. The van der Waals surface area contributed by atoms with E-state index in [-0.39, 0.29) is 22.7 Å². The van der Waals surface area contributed by atoms with Gasteiger partial charge >= 0.3 is 0 Å². The number of nitrogens with one attached hydrogen (secondary N) is 1. The van der Waals surface area contributed by atoms with Crippen molar-refractivity contribution in [2.75, 3.05) is 25.5 Å². The Labute approximate surface area is 215 Å². The predicted molar refractivity (Wildman–Crippen MR) is 137 cm³/mol. The molecule has 2 fully saturated rings. The van der Waals surface area contributed by atoms with Gasteiger partial charge in [-0.1, -0.05) is 17.7 Å². The Bertz CT molecular complexity index is 1270. The summed E-state index contributed by atoms with van der Waals surface area (Å²) in [5.74, 6) is 1.34. The van der Waals surface area contributed by atoms with E-state index >= 15 is 0 Å². The second kappa shape index (κ2) is 10.9. The van der Waals surface area contributed by atoms with Crippen molar-refractivity contribution >= 4 is 34.0 Å². The maximum absolute atomic E-state index is 14.5. The van der Waals surface area contributed by atoms with E-state index in [1.807, 2.05) is 12.1 Å². The summed E-state index contributed by atoms with van der Waals surface area (Å²) in [5, 5.41) is 12.9. The number of anilines is 2. The molecular weight excluding hydrogens is 481 g/mol. The first-order chi connectivity index (χ1) is 17.6. The minimum Gasteiger partial charge on any atom is -0.493 e. The summed E-state index contributed by atoms with van der Waals surface area (Å²) in [4.78, 5) is 11.2. The lowest BCUT2D eigenvalue weighted by atomic mass is 9.89. The molecular formula is C27H29ClFN5O2. The highest BCUT2D eigenvalue weighted by Crippen LogP contribution is 2.38. The van der Waals surface area contributed by atoms with Crippen molar-refractivity contribution < 1.29 is 13.9 Å². The van der Waals surface area contributed by atoms with Gasteiger partial charge in [0.05, 0.1) is 35.5 Å². The van der Waals surface area contributed by atoms with Crippen LogP contribution in [-0.4, -0.2) is 47.2 Å². The number of fused-ring (bicyclic) bond motifs is 1. The van der Waals surface area contributed by atoms with Crippen LogP contribution in [0.4, 0.5) is 15.9 Å². The normalized spacial score (nSPS) is 21.2. The molecule has 188 valence electrons. The van der Waals surface area contributed by atoms with E-state index in [1.165, 1.54) is 12.4 Å². The predicted octanol–water partition coefficient (Wildman–Crippen LogP) is 6.10. The quantitative estimate of drug-likeness (QED) is 0.429. The number of likely N-dealkylation sites (tertiary alicyclic amines) is 1. The van der Waals surface area contributed by atoms with Crippen LogP contribution in [-0.2, 0) is 0 Å². The number of piperidine rings is 1. The van der Waals surface area contributed by atoms with Crippen LogP contribution in [0, 0.1) is 23.1 Å². The fraction of sp³-hybridized carbons (Fsp3) is 0.444. The number of hydrogen-bond acceptors (Lipinski definition) is 7. The monoisotopic (exact) mass is 509 g/mol. The van der Waals surface area contributed by atoms with E-state index in [1.54, 1.807) is 19.2 Å². The first-order valence-corrected chi connectivity index (χ1v) is 12.8. The topological polar surface area (TPSA) is 83.3 Å². The summed E-state index contributed by atoms with van der Waals surface area (Å²) in [5.41, 5.74) is 0.890. The summed E-state index contributed by atoms with van der Waals surface area (Å²) in [6.45, 7) is 2.02. The fourth-order valence-corrected chi connectivity index (χ4v) is 5.42. The van der Waals surface area contributed by atoms with E-state index in [0.29, 0.717) is 34.3 Å². The van der Waals surface area contributed by atoms with Gasteiger partial charge in [-0.3, -0.25) is 0 Å². The van der Waals surface area contributed by atoms with Crippen molar-refractivity contribution in [3.05, 3.63) is 47.5 Å². The maximum atomic E-state index is 14.5. The molecule has 1 aromatic heterocycles. The van der Waals surface area contributed by atoms with Gasteiger partial charge in [-0.15, -0.1) is 0 Å².